The molecule has 0 radical (unpaired) electrons. The van der Waals surface area contributed by atoms with Crippen LogP contribution in [-0.4, -0.2) is 58.2 Å². The van der Waals surface area contributed by atoms with Crippen molar-refractivity contribution in [2.75, 3.05) is 43.1 Å². The Hall–Kier alpha value is -4.08. The van der Waals surface area contributed by atoms with E-state index in [2.05, 4.69) is 20.7 Å². The second kappa shape index (κ2) is 11.5. The second-order valence-corrected chi connectivity index (χ2v) is 7.60. The zero-order valence-corrected chi connectivity index (χ0v) is 18.8. The molecule has 3 aromatic rings. The molecule has 0 aliphatic rings. The molecule has 0 fully saturated rings. The highest BCUT2D eigenvalue weighted by Crippen LogP contribution is 2.11. The molecule has 0 saturated heterocycles. The van der Waals surface area contributed by atoms with Crippen molar-refractivity contribution in [3.05, 3.63) is 60.6 Å². The van der Waals surface area contributed by atoms with E-state index in [-0.39, 0.29) is 24.8 Å². The number of nitrogens with zero attached hydrogens (tertiary/aromatic N) is 4. The van der Waals surface area contributed by atoms with Crippen LogP contribution in [0.3, 0.4) is 0 Å². The number of anilines is 3. The fourth-order valence-corrected chi connectivity index (χ4v) is 2.90. The summed E-state index contributed by atoms with van der Waals surface area (Å²) in [6, 6.07) is 11.2. The Labute approximate surface area is 192 Å². The highest BCUT2D eigenvalue weighted by molar-refractivity contribution is 5.90. The maximum atomic E-state index is 12.4. The van der Waals surface area contributed by atoms with Crippen molar-refractivity contribution in [3.8, 4) is 5.75 Å². The van der Waals surface area contributed by atoms with Crippen molar-refractivity contribution in [3.63, 3.8) is 0 Å². The first-order valence-corrected chi connectivity index (χ1v) is 10.6. The highest BCUT2D eigenvalue weighted by atomic mass is 16.5. The Kier molecular flexibility index (Phi) is 8.23. The number of hydrogen-bond acceptors (Lipinski definition) is 7. The van der Waals surface area contributed by atoms with Gasteiger partial charge in [-0.05, 0) is 25.1 Å². The van der Waals surface area contributed by atoms with Gasteiger partial charge in [-0.25, -0.2) is 4.98 Å². The van der Waals surface area contributed by atoms with Gasteiger partial charge in [-0.1, -0.05) is 17.7 Å². The van der Waals surface area contributed by atoms with Crippen molar-refractivity contribution >= 4 is 29.0 Å². The lowest BCUT2D eigenvalue weighted by molar-refractivity contribution is -0.131. The number of carbonyl (C=O) groups excluding carboxylic acids is 2. The van der Waals surface area contributed by atoms with E-state index in [4.69, 9.17) is 10.5 Å². The number of amides is 2. The molecule has 0 saturated carbocycles. The fourth-order valence-electron chi connectivity index (χ4n) is 2.90. The Morgan fingerprint density at radius 1 is 1.21 bits per heavy atom. The molecule has 174 valence electrons. The first kappa shape index (κ1) is 23.6. The lowest BCUT2D eigenvalue weighted by atomic mass is 10.2. The summed E-state index contributed by atoms with van der Waals surface area (Å²) < 4.78 is 7.16. The molecule has 4 N–H and O–H groups in total. The van der Waals surface area contributed by atoms with Gasteiger partial charge < -0.3 is 26.0 Å². The van der Waals surface area contributed by atoms with Gasteiger partial charge in [0.1, 0.15) is 24.7 Å². The molecule has 0 spiro atoms. The van der Waals surface area contributed by atoms with Crippen LogP contribution in [0.15, 0.2) is 55.0 Å². The number of hydrogen-bond donors (Lipinski definition) is 3. The van der Waals surface area contributed by atoms with E-state index in [0.717, 1.165) is 11.3 Å². The lowest BCUT2D eigenvalue weighted by Crippen LogP contribution is -2.33. The normalized spacial score (nSPS) is 10.5. The van der Waals surface area contributed by atoms with Crippen molar-refractivity contribution in [2.24, 2.45) is 0 Å². The number of likely N-dealkylation sites (N-methyl/N-ethyl adjacent to an activating group) is 1. The van der Waals surface area contributed by atoms with Crippen LogP contribution in [0.5, 0.6) is 5.75 Å². The number of benzene rings is 1. The van der Waals surface area contributed by atoms with E-state index in [1.54, 1.807) is 36.5 Å². The third-order valence-electron chi connectivity index (χ3n) is 4.80. The molecule has 0 aliphatic heterocycles. The van der Waals surface area contributed by atoms with Crippen molar-refractivity contribution in [1.29, 1.82) is 0 Å². The zero-order valence-electron chi connectivity index (χ0n) is 18.8. The van der Waals surface area contributed by atoms with Gasteiger partial charge in [0.2, 0.25) is 11.8 Å². The number of nitrogens with one attached hydrogen (secondary N) is 2. The molecule has 2 amide bonds. The van der Waals surface area contributed by atoms with Gasteiger partial charge in [-0.3, -0.25) is 14.3 Å². The highest BCUT2D eigenvalue weighted by Gasteiger charge is 2.12. The standard InChI is InChI=1S/C23H29N7O3/c1-17-3-5-20(6-4-17)33-12-11-29(2)23(32)16-30-15-19(14-27-30)28-22(31)8-10-26-21-13-18(24)7-9-25-21/h3-7,9,13-15H,8,10-12,16H2,1-2H3,(H,28,31)(H3,24,25,26). The molecule has 10 heteroatoms. The molecular formula is C23H29N7O3. The fraction of sp³-hybridized carbons (Fsp3) is 0.304. The summed E-state index contributed by atoms with van der Waals surface area (Å²) in [6.07, 6.45) is 4.98. The van der Waals surface area contributed by atoms with Gasteiger partial charge in [0, 0.05) is 44.2 Å². The van der Waals surface area contributed by atoms with Gasteiger partial charge in [0.15, 0.2) is 0 Å². The van der Waals surface area contributed by atoms with Gasteiger partial charge >= 0.3 is 0 Å². The zero-order chi connectivity index (χ0) is 23.6. The number of ether oxygens (including phenoxy) is 1. The van der Waals surface area contributed by atoms with E-state index in [9.17, 15) is 9.59 Å². The van der Waals surface area contributed by atoms with Gasteiger partial charge in [0.25, 0.3) is 0 Å². The van der Waals surface area contributed by atoms with E-state index in [0.29, 0.717) is 36.9 Å². The van der Waals surface area contributed by atoms with Gasteiger partial charge in [-0.2, -0.15) is 5.10 Å². The van der Waals surface area contributed by atoms with Crippen LogP contribution >= 0.6 is 0 Å². The molecule has 2 heterocycles. The molecular weight excluding hydrogens is 422 g/mol. The molecule has 0 aliphatic carbocycles. The Bertz CT molecular complexity index is 1070. The maximum Gasteiger partial charge on any atom is 0.244 e. The molecule has 1 aromatic carbocycles. The van der Waals surface area contributed by atoms with E-state index in [1.807, 2.05) is 31.2 Å². The number of nitrogens with two attached hydrogens (primary N) is 1. The molecule has 0 atom stereocenters. The average molecular weight is 452 g/mol. The maximum absolute atomic E-state index is 12.4. The van der Waals surface area contributed by atoms with E-state index in [1.165, 1.54) is 10.9 Å². The summed E-state index contributed by atoms with van der Waals surface area (Å²) in [4.78, 5) is 30.3. The monoisotopic (exact) mass is 451 g/mol. The SMILES string of the molecule is Cc1ccc(OCCN(C)C(=O)Cn2cc(NC(=O)CCNc3cc(N)ccn3)cn2)cc1. The molecule has 33 heavy (non-hydrogen) atoms. The Morgan fingerprint density at radius 2 is 2.00 bits per heavy atom. The van der Waals surface area contributed by atoms with Gasteiger partial charge in [0.05, 0.1) is 18.4 Å². The topological polar surface area (TPSA) is 127 Å². The molecule has 10 nitrogen and oxygen atoms in total. The average Bonchev–Trinajstić information content (AvgIpc) is 3.21. The smallest absolute Gasteiger partial charge is 0.244 e. The summed E-state index contributed by atoms with van der Waals surface area (Å²) in [6.45, 7) is 3.33. The van der Waals surface area contributed by atoms with Crippen LogP contribution < -0.4 is 21.1 Å². The Morgan fingerprint density at radius 3 is 2.76 bits per heavy atom. The van der Waals surface area contributed by atoms with Crippen LogP contribution in [0.1, 0.15) is 12.0 Å². The Balaban J connectivity index is 1.36. The number of rotatable bonds is 11. The van der Waals surface area contributed by atoms with E-state index < -0.39 is 0 Å². The lowest BCUT2D eigenvalue weighted by Gasteiger charge is -2.17. The van der Waals surface area contributed by atoms with Crippen LogP contribution in [0.4, 0.5) is 17.2 Å². The number of aromatic nitrogens is 3. The second-order valence-electron chi connectivity index (χ2n) is 7.60. The summed E-state index contributed by atoms with van der Waals surface area (Å²) in [7, 11) is 1.72. The minimum Gasteiger partial charge on any atom is -0.492 e. The number of pyridine rings is 1. The third-order valence-corrected chi connectivity index (χ3v) is 4.80. The van der Waals surface area contributed by atoms with Crippen molar-refractivity contribution < 1.29 is 14.3 Å². The number of aryl methyl sites for hydroxylation is 1. The van der Waals surface area contributed by atoms with Crippen LogP contribution in [0.25, 0.3) is 0 Å². The first-order chi connectivity index (χ1) is 15.9. The quantitative estimate of drug-likeness (QED) is 0.408. The minimum atomic E-state index is -0.178. The predicted molar refractivity (Wildman–Crippen MR) is 127 cm³/mol. The van der Waals surface area contributed by atoms with Crippen LogP contribution in [0, 0.1) is 6.92 Å². The summed E-state index contributed by atoms with van der Waals surface area (Å²) in [5.74, 6) is 1.10. The predicted octanol–water partition coefficient (Wildman–Crippen LogP) is 2.15. The number of nitrogen functional groups attached to an aromatic ring is 1. The largest absolute Gasteiger partial charge is 0.492 e. The molecule has 0 unspecified atom stereocenters. The van der Waals surface area contributed by atoms with Crippen LogP contribution in [-0.2, 0) is 16.1 Å². The van der Waals surface area contributed by atoms with Gasteiger partial charge in [-0.15, -0.1) is 0 Å². The first-order valence-electron chi connectivity index (χ1n) is 10.6. The van der Waals surface area contributed by atoms with E-state index >= 15 is 0 Å². The molecule has 2 aromatic heterocycles. The summed E-state index contributed by atoms with van der Waals surface area (Å²) >= 11 is 0. The summed E-state index contributed by atoms with van der Waals surface area (Å²) in [5.41, 5.74) is 7.99. The summed E-state index contributed by atoms with van der Waals surface area (Å²) in [5, 5.41) is 9.96. The molecule has 0 bridgehead atoms. The minimum absolute atomic E-state index is 0.0690. The number of carbonyl (C=O) groups is 2. The van der Waals surface area contributed by atoms with Crippen molar-refractivity contribution in [2.45, 2.75) is 19.9 Å². The van der Waals surface area contributed by atoms with Crippen LogP contribution in [0.2, 0.25) is 0 Å². The third kappa shape index (κ3) is 7.84. The van der Waals surface area contributed by atoms with Crippen molar-refractivity contribution in [1.82, 2.24) is 19.7 Å². The molecule has 3 rings (SSSR count).